The number of ether oxygens (including phenoxy) is 1. The minimum atomic E-state index is -0.908. The molecule has 0 aliphatic carbocycles. The van der Waals surface area contributed by atoms with Gasteiger partial charge in [0, 0.05) is 19.2 Å². The molecule has 1 aliphatic heterocycles. The Labute approximate surface area is 132 Å². The van der Waals surface area contributed by atoms with Crippen LogP contribution in [0.25, 0.3) is 0 Å². The van der Waals surface area contributed by atoms with Gasteiger partial charge in [-0.1, -0.05) is 13.0 Å². The maximum absolute atomic E-state index is 12.2. The summed E-state index contributed by atoms with van der Waals surface area (Å²) in [5.41, 5.74) is -0.118. The zero-order chi connectivity index (χ0) is 17.0. The average Bonchev–Trinajstić information content (AvgIpc) is 2.52. The van der Waals surface area contributed by atoms with E-state index in [1.54, 1.807) is 0 Å². The lowest BCUT2D eigenvalue weighted by Crippen LogP contribution is -2.47. The van der Waals surface area contributed by atoms with Crippen molar-refractivity contribution in [2.75, 3.05) is 19.7 Å². The van der Waals surface area contributed by atoms with Gasteiger partial charge in [-0.3, -0.25) is 19.7 Å². The largest absolute Gasteiger partial charge is 0.484 e. The van der Waals surface area contributed by atoms with E-state index in [0.717, 1.165) is 0 Å². The van der Waals surface area contributed by atoms with Crippen molar-refractivity contribution in [3.63, 3.8) is 0 Å². The molecule has 23 heavy (non-hydrogen) atoms. The van der Waals surface area contributed by atoms with Crippen molar-refractivity contribution in [2.24, 2.45) is 11.8 Å². The highest BCUT2D eigenvalue weighted by molar-refractivity contribution is 5.79. The first-order valence-corrected chi connectivity index (χ1v) is 7.24. The van der Waals surface area contributed by atoms with Crippen LogP contribution >= 0.6 is 0 Å². The summed E-state index contributed by atoms with van der Waals surface area (Å²) in [5.74, 6) is -1.47. The predicted molar refractivity (Wildman–Crippen MR) is 80.1 cm³/mol. The molecule has 1 saturated heterocycles. The van der Waals surface area contributed by atoms with E-state index in [2.05, 4.69) is 0 Å². The van der Waals surface area contributed by atoms with E-state index < -0.39 is 16.8 Å². The second kappa shape index (κ2) is 7.08. The molecular weight excluding hydrogens is 304 g/mol. The summed E-state index contributed by atoms with van der Waals surface area (Å²) < 4.78 is 5.30. The minimum absolute atomic E-state index is 0.103. The van der Waals surface area contributed by atoms with Crippen LogP contribution in [0, 0.1) is 22.0 Å². The molecule has 0 spiro atoms. The summed E-state index contributed by atoms with van der Waals surface area (Å²) >= 11 is 0. The van der Waals surface area contributed by atoms with E-state index in [4.69, 9.17) is 9.84 Å². The number of nitro groups is 1. The third-order valence-electron chi connectivity index (χ3n) is 3.75. The molecular formula is C15H18N2O6. The lowest BCUT2D eigenvalue weighted by molar-refractivity contribution is -0.384. The molecule has 2 unspecified atom stereocenters. The number of carboxylic acids is 1. The molecule has 2 rings (SSSR count). The maximum Gasteiger partial charge on any atom is 0.308 e. The molecule has 1 amide bonds. The zero-order valence-corrected chi connectivity index (χ0v) is 12.7. The number of nitro benzene ring substituents is 1. The van der Waals surface area contributed by atoms with Crippen molar-refractivity contribution in [3.05, 3.63) is 34.4 Å². The van der Waals surface area contributed by atoms with Crippen LogP contribution < -0.4 is 4.74 Å². The number of nitrogens with zero attached hydrogens (tertiary/aromatic N) is 2. The Kier molecular flexibility index (Phi) is 5.15. The van der Waals surface area contributed by atoms with E-state index in [0.29, 0.717) is 13.0 Å². The smallest absolute Gasteiger partial charge is 0.308 e. The van der Waals surface area contributed by atoms with Gasteiger partial charge in [-0.05, 0) is 18.4 Å². The molecule has 1 heterocycles. The van der Waals surface area contributed by atoms with Gasteiger partial charge in [-0.2, -0.15) is 0 Å². The summed E-state index contributed by atoms with van der Waals surface area (Å²) in [6.45, 7) is 2.27. The number of carbonyl (C=O) groups is 2. The summed E-state index contributed by atoms with van der Waals surface area (Å²) in [6, 6.07) is 5.57. The van der Waals surface area contributed by atoms with Crippen molar-refractivity contribution in [2.45, 2.75) is 13.3 Å². The maximum atomic E-state index is 12.2. The number of aliphatic carboxylic acids is 1. The number of non-ortho nitro benzene ring substituents is 1. The van der Waals surface area contributed by atoms with Gasteiger partial charge in [0.25, 0.3) is 11.6 Å². The van der Waals surface area contributed by atoms with Gasteiger partial charge in [0.05, 0.1) is 16.9 Å². The fourth-order valence-electron chi connectivity index (χ4n) is 2.66. The Balaban J connectivity index is 1.95. The Morgan fingerprint density at radius 2 is 2.17 bits per heavy atom. The number of hydrogen-bond donors (Lipinski definition) is 1. The molecule has 0 bridgehead atoms. The van der Waals surface area contributed by atoms with E-state index in [-0.39, 0.29) is 36.4 Å². The summed E-state index contributed by atoms with van der Waals surface area (Å²) in [4.78, 5) is 34.9. The van der Waals surface area contributed by atoms with Crippen molar-refractivity contribution in [1.82, 2.24) is 4.90 Å². The van der Waals surface area contributed by atoms with Gasteiger partial charge in [-0.25, -0.2) is 0 Å². The normalized spacial score (nSPS) is 20.8. The monoisotopic (exact) mass is 322 g/mol. The van der Waals surface area contributed by atoms with Crippen LogP contribution in [0.1, 0.15) is 13.3 Å². The van der Waals surface area contributed by atoms with Crippen LogP contribution in [0.4, 0.5) is 5.69 Å². The Hall–Kier alpha value is -2.64. The van der Waals surface area contributed by atoms with Gasteiger partial charge in [-0.15, -0.1) is 0 Å². The molecule has 1 aromatic rings. The fraction of sp³-hybridized carbons (Fsp3) is 0.467. The summed E-state index contributed by atoms with van der Waals surface area (Å²) in [6.07, 6.45) is 0.546. The topological polar surface area (TPSA) is 110 Å². The SMILES string of the molecule is CC1CC(C(=O)O)CN(C(=O)COc2cccc([N+](=O)[O-])c2)C1. The third kappa shape index (κ3) is 4.41. The van der Waals surface area contributed by atoms with Crippen LogP contribution in [0.2, 0.25) is 0 Å². The molecule has 0 radical (unpaired) electrons. The Morgan fingerprint density at radius 1 is 1.43 bits per heavy atom. The standard InChI is InChI=1S/C15H18N2O6/c1-10-5-11(15(19)20)8-16(7-10)14(18)9-23-13-4-2-3-12(6-13)17(21)22/h2-4,6,10-11H,5,7-9H2,1H3,(H,19,20). The van der Waals surface area contributed by atoms with E-state index >= 15 is 0 Å². The summed E-state index contributed by atoms with van der Waals surface area (Å²) in [7, 11) is 0. The average molecular weight is 322 g/mol. The Morgan fingerprint density at radius 3 is 2.83 bits per heavy atom. The molecule has 1 aromatic carbocycles. The highest BCUT2D eigenvalue weighted by Gasteiger charge is 2.31. The molecule has 1 fully saturated rings. The van der Waals surface area contributed by atoms with Gasteiger partial charge in [0.1, 0.15) is 5.75 Å². The highest BCUT2D eigenvalue weighted by Crippen LogP contribution is 2.23. The highest BCUT2D eigenvalue weighted by atomic mass is 16.6. The number of carbonyl (C=O) groups excluding carboxylic acids is 1. The van der Waals surface area contributed by atoms with Crippen LogP contribution in [0.15, 0.2) is 24.3 Å². The van der Waals surface area contributed by atoms with Gasteiger partial charge < -0.3 is 14.7 Å². The fourth-order valence-corrected chi connectivity index (χ4v) is 2.66. The van der Waals surface area contributed by atoms with E-state index in [1.165, 1.54) is 29.2 Å². The number of piperidine rings is 1. The molecule has 1 aliphatic rings. The van der Waals surface area contributed by atoms with Crippen LogP contribution in [0.5, 0.6) is 5.75 Å². The van der Waals surface area contributed by atoms with Gasteiger partial charge in [0.2, 0.25) is 0 Å². The van der Waals surface area contributed by atoms with Crippen LogP contribution in [0.3, 0.4) is 0 Å². The van der Waals surface area contributed by atoms with Crippen molar-refractivity contribution >= 4 is 17.6 Å². The third-order valence-corrected chi connectivity index (χ3v) is 3.75. The molecule has 124 valence electrons. The lowest BCUT2D eigenvalue weighted by atomic mass is 9.90. The van der Waals surface area contributed by atoms with Crippen molar-refractivity contribution < 1.29 is 24.4 Å². The molecule has 0 aromatic heterocycles. The van der Waals surface area contributed by atoms with Crippen molar-refractivity contribution in [1.29, 1.82) is 0 Å². The summed E-state index contributed by atoms with van der Waals surface area (Å²) in [5, 5.41) is 19.8. The molecule has 8 nitrogen and oxygen atoms in total. The lowest BCUT2D eigenvalue weighted by Gasteiger charge is -2.34. The second-order valence-corrected chi connectivity index (χ2v) is 5.72. The number of amides is 1. The zero-order valence-electron chi connectivity index (χ0n) is 12.7. The number of carboxylic acid groups (broad SMARTS) is 1. The number of likely N-dealkylation sites (tertiary alicyclic amines) is 1. The van der Waals surface area contributed by atoms with Crippen LogP contribution in [-0.2, 0) is 9.59 Å². The Bertz CT molecular complexity index is 618. The minimum Gasteiger partial charge on any atom is -0.484 e. The molecule has 2 atom stereocenters. The van der Waals surface area contributed by atoms with Gasteiger partial charge >= 0.3 is 5.97 Å². The first kappa shape index (κ1) is 16.7. The number of rotatable bonds is 5. The van der Waals surface area contributed by atoms with Gasteiger partial charge in [0.15, 0.2) is 6.61 Å². The van der Waals surface area contributed by atoms with E-state index in [1.807, 2.05) is 6.92 Å². The number of benzene rings is 1. The first-order chi connectivity index (χ1) is 10.9. The predicted octanol–water partition coefficient (Wildman–Crippen LogP) is 1.54. The number of hydrogen-bond acceptors (Lipinski definition) is 5. The van der Waals surface area contributed by atoms with E-state index in [9.17, 15) is 19.7 Å². The second-order valence-electron chi connectivity index (χ2n) is 5.72. The first-order valence-electron chi connectivity index (χ1n) is 7.24. The molecule has 1 N–H and O–H groups in total. The quantitative estimate of drug-likeness (QED) is 0.650. The molecule has 8 heteroatoms. The van der Waals surface area contributed by atoms with Crippen molar-refractivity contribution in [3.8, 4) is 5.75 Å². The van der Waals surface area contributed by atoms with Crippen LogP contribution in [-0.4, -0.2) is 46.5 Å². The molecule has 0 saturated carbocycles.